The first-order chi connectivity index (χ1) is 18.0. The van der Waals surface area contributed by atoms with Gasteiger partial charge in [0.2, 0.25) is 5.91 Å². The molecule has 184 valence electrons. The van der Waals surface area contributed by atoms with Crippen LogP contribution in [0.15, 0.2) is 97.1 Å². The molecule has 0 radical (unpaired) electrons. The summed E-state index contributed by atoms with van der Waals surface area (Å²) in [6.45, 7) is 1.57. The molecule has 4 aromatic carbocycles. The Bertz CT molecular complexity index is 1530. The van der Waals surface area contributed by atoms with Crippen LogP contribution in [0.5, 0.6) is 5.75 Å². The summed E-state index contributed by atoms with van der Waals surface area (Å²) in [5.41, 5.74) is 0.914. The van der Waals surface area contributed by atoms with Gasteiger partial charge in [0.1, 0.15) is 24.4 Å². The van der Waals surface area contributed by atoms with Crippen LogP contribution in [0, 0.1) is 0 Å². The van der Waals surface area contributed by atoms with Gasteiger partial charge in [-0.15, -0.1) is 0 Å². The van der Waals surface area contributed by atoms with Gasteiger partial charge >= 0.3 is 6.03 Å². The Morgan fingerprint density at radius 1 is 0.919 bits per heavy atom. The van der Waals surface area contributed by atoms with Gasteiger partial charge < -0.3 is 10.1 Å². The first-order valence-electron chi connectivity index (χ1n) is 12.2. The summed E-state index contributed by atoms with van der Waals surface area (Å²) >= 11 is 0. The lowest BCUT2D eigenvalue weighted by Crippen LogP contribution is -2.48. The van der Waals surface area contributed by atoms with E-state index >= 15 is 0 Å². The van der Waals surface area contributed by atoms with Crippen LogP contribution in [-0.4, -0.2) is 35.9 Å². The molecular formula is C30H25N3O4. The number of amides is 4. The number of ether oxygens (including phenoxy) is 1. The van der Waals surface area contributed by atoms with Crippen molar-refractivity contribution in [3.8, 4) is 5.75 Å². The average Bonchev–Trinajstić information content (AvgIpc) is 3.16. The second-order valence-corrected chi connectivity index (χ2v) is 9.44. The highest BCUT2D eigenvalue weighted by atomic mass is 16.5. The fourth-order valence-corrected chi connectivity index (χ4v) is 5.31. The molecule has 2 atom stereocenters. The second-order valence-electron chi connectivity index (χ2n) is 9.44. The third-order valence-corrected chi connectivity index (χ3v) is 7.18. The van der Waals surface area contributed by atoms with Crippen LogP contribution in [0.4, 0.5) is 10.5 Å². The predicted molar refractivity (Wildman–Crippen MR) is 140 cm³/mol. The zero-order valence-corrected chi connectivity index (χ0v) is 20.3. The van der Waals surface area contributed by atoms with Crippen molar-refractivity contribution in [2.24, 2.45) is 0 Å². The summed E-state index contributed by atoms with van der Waals surface area (Å²) in [5, 5.41) is 4.69. The minimum atomic E-state index is -1.29. The van der Waals surface area contributed by atoms with Crippen LogP contribution in [0.25, 0.3) is 10.8 Å². The number of nitrogens with one attached hydrogen (secondary N) is 1. The van der Waals surface area contributed by atoms with Crippen LogP contribution in [0.2, 0.25) is 0 Å². The molecule has 0 saturated carbocycles. The van der Waals surface area contributed by atoms with Crippen LogP contribution in [-0.2, 0) is 15.1 Å². The number of nitrogens with zero attached hydrogens (tertiary/aromatic N) is 2. The first kappa shape index (κ1) is 22.8. The molecule has 1 saturated heterocycles. The van der Waals surface area contributed by atoms with E-state index < -0.39 is 23.5 Å². The number of fused-ring (bicyclic) bond motifs is 2. The fraction of sp³-hybridized carbons (Fsp3) is 0.167. The minimum absolute atomic E-state index is 0.265. The summed E-state index contributed by atoms with van der Waals surface area (Å²) in [5.74, 6) is -0.240. The van der Waals surface area contributed by atoms with Crippen molar-refractivity contribution in [2.75, 3.05) is 18.1 Å². The molecule has 4 amide bonds. The molecule has 6 rings (SSSR count). The summed E-state index contributed by atoms with van der Waals surface area (Å²) in [6, 6.07) is 29.3. The van der Waals surface area contributed by atoms with E-state index in [1.807, 2.05) is 97.1 Å². The number of benzene rings is 4. The predicted octanol–water partition coefficient (Wildman–Crippen LogP) is 4.77. The van der Waals surface area contributed by atoms with Gasteiger partial charge in [-0.3, -0.25) is 19.4 Å². The molecule has 4 aromatic rings. The van der Waals surface area contributed by atoms with Crippen molar-refractivity contribution in [3.05, 3.63) is 108 Å². The van der Waals surface area contributed by atoms with Gasteiger partial charge in [0.05, 0.1) is 11.7 Å². The Balaban J connectivity index is 1.34. The van der Waals surface area contributed by atoms with Crippen LogP contribution in [0.3, 0.4) is 0 Å². The molecule has 2 heterocycles. The second kappa shape index (κ2) is 8.78. The highest BCUT2D eigenvalue weighted by Gasteiger charge is 2.50. The lowest BCUT2D eigenvalue weighted by atomic mass is 9.88. The van der Waals surface area contributed by atoms with Crippen LogP contribution < -0.4 is 15.0 Å². The Morgan fingerprint density at radius 2 is 1.62 bits per heavy atom. The van der Waals surface area contributed by atoms with E-state index in [1.54, 1.807) is 11.8 Å². The number of urea groups is 1. The molecular weight excluding hydrogens is 466 g/mol. The topological polar surface area (TPSA) is 79.0 Å². The van der Waals surface area contributed by atoms with Crippen molar-refractivity contribution in [1.82, 2.24) is 10.2 Å². The van der Waals surface area contributed by atoms with Crippen LogP contribution >= 0.6 is 0 Å². The molecule has 1 fully saturated rings. The quantitative estimate of drug-likeness (QED) is 0.417. The zero-order valence-electron chi connectivity index (χ0n) is 20.3. The number of carbonyl (C=O) groups is 3. The highest BCUT2D eigenvalue weighted by Crippen LogP contribution is 2.40. The Kier molecular flexibility index (Phi) is 5.41. The Morgan fingerprint density at radius 3 is 2.46 bits per heavy atom. The minimum Gasteiger partial charge on any atom is -0.489 e. The molecule has 0 unspecified atom stereocenters. The van der Waals surface area contributed by atoms with Gasteiger partial charge in [0.25, 0.3) is 5.91 Å². The Hall–Kier alpha value is -4.65. The SMILES string of the molecule is C[C@]1(c2cccc3ccccc23)NC(=O)N(CC(=O)N2c3ccccc3OC[C@@H]2c2ccccc2)C1=O. The third-order valence-electron chi connectivity index (χ3n) is 7.18. The molecule has 0 spiro atoms. The molecule has 0 aromatic heterocycles. The number of anilines is 1. The van der Waals surface area contributed by atoms with E-state index in [0.717, 1.165) is 21.2 Å². The molecule has 1 N–H and O–H groups in total. The maximum absolute atomic E-state index is 13.8. The van der Waals surface area contributed by atoms with Gasteiger partial charge in [-0.25, -0.2) is 4.79 Å². The van der Waals surface area contributed by atoms with Crippen molar-refractivity contribution in [2.45, 2.75) is 18.5 Å². The van der Waals surface area contributed by atoms with Crippen molar-refractivity contribution >= 4 is 34.3 Å². The van der Waals surface area contributed by atoms with Gasteiger partial charge in [-0.2, -0.15) is 0 Å². The number of carbonyl (C=O) groups excluding carboxylic acids is 3. The average molecular weight is 492 g/mol. The van der Waals surface area contributed by atoms with E-state index in [-0.39, 0.29) is 19.1 Å². The molecule has 2 aliphatic rings. The van der Waals surface area contributed by atoms with E-state index in [4.69, 9.17) is 4.74 Å². The first-order valence-corrected chi connectivity index (χ1v) is 12.2. The van der Waals surface area contributed by atoms with Crippen molar-refractivity contribution in [1.29, 1.82) is 0 Å². The standard InChI is InChI=1S/C30H25N3O4/c1-30(23-15-9-13-20-10-5-6-14-22(20)23)28(35)32(29(36)31-30)18-27(34)33-24-16-7-8-17-26(24)37-19-25(33)21-11-3-2-4-12-21/h2-17,25H,18-19H2,1H3,(H,31,36)/t25-,30-/m1/s1. The van der Waals surface area contributed by atoms with E-state index in [9.17, 15) is 14.4 Å². The third kappa shape index (κ3) is 3.71. The molecule has 7 nitrogen and oxygen atoms in total. The number of hydrogen-bond acceptors (Lipinski definition) is 4. The molecule has 0 bridgehead atoms. The van der Waals surface area contributed by atoms with Gasteiger partial charge in [-0.05, 0) is 41.0 Å². The normalized spacial score (nSPS) is 20.9. The van der Waals surface area contributed by atoms with E-state index in [0.29, 0.717) is 17.0 Å². The highest BCUT2D eigenvalue weighted by molar-refractivity contribution is 6.12. The maximum Gasteiger partial charge on any atom is 0.325 e. The van der Waals surface area contributed by atoms with Crippen molar-refractivity contribution < 1.29 is 19.1 Å². The van der Waals surface area contributed by atoms with Crippen LogP contribution in [0.1, 0.15) is 24.1 Å². The monoisotopic (exact) mass is 491 g/mol. The molecule has 2 aliphatic heterocycles. The summed E-state index contributed by atoms with van der Waals surface area (Å²) in [4.78, 5) is 43.4. The summed E-state index contributed by atoms with van der Waals surface area (Å²) < 4.78 is 5.96. The summed E-state index contributed by atoms with van der Waals surface area (Å²) in [7, 11) is 0. The number of imide groups is 1. The Labute approximate surface area is 214 Å². The summed E-state index contributed by atoms with van der Waals surface area (Å²) in [6.07, 6.45) is 0. The number of hydrogen-bond donors (Lipinski definition) is 1. The van der Waals surface area contributed by atoms with Crippen molar-refractivity contribution in [3.63, 3.8) is 0 Å². The smallest absolute Gasteiger partial charge is 0.325 e. The van der Waals surface area contributed by atoms with Gasteiger partial charge in [-0.1, -0.05) is 84.9 Å². The molecule has 37 heavy (non-hydrogen) atoms. The fourth-order valence-electron chi connectivity index (χ4n) is 5.31. The van der Waals surface area contributed by atoms with E-state index in [2.05, 4.69) is 5.32 Å². The number of rotatable bonds is 4. The number of para-hydroxylation sites is 2. The molecule has 0 aliphatic carbocycles. The largest absolute Gasteiger partial charge is 0.489 e. The van der Waals surface area contributed by atoms with E-state index in [1.165, 1.54) is 0 Å². The molecule has 7 heteroatoms. The lowest BCUT2D eigenvalue weighted by Gasteiger charge is -2.37. The van der Waals surface area contributed by atoms with Gasteiger partial charge in [0.15, 0.2) is 0 Å². The zero-order chi connectivity index (χ0) is 25.6. The van der Waals surface area contributed by atoms with Gasteiger partial charge in [0, 0.05) is 0 Å². The maximum atomic E-state index is 13.8. The lowest BCUT2D eigenvalue weighted by molar-refractivity contribution is -0.134.